The van der Waals surface area contributed by atoms with Crippen LogP contribution in [-0.4, -0.2) is 20.7 Å². The normalized spacial score (nSPS) is 10.7. The number of aryl methyl sites for hydroxylation is 3. The first kappa shape index (κ1) is 18.6. The molecular formula is C24H22N4O. The van der Waals surface area contributed by atoms with Gasteiger partial charge in [-0.05, 0) is 44.0 Å². The minimum absolute atomic E-state index is 0.132. The first-order valence-corrected chi connectivity index (χ1v) is 9.50. The van der Waals surface area contributed by atoms with Gasteiger partial charge in [0.1, 0.15) is 0 Å². The summed E-state index contributed by atoms with van der Waals surface area (Å²) in [4.78, 5) is 17.5. The smallest absolute Gasteiger partial charge is 0.295 e. The Labute approximate surface area is 170 Å². The van der Waals surface area contributed by atoms with E-state index >= 15 is 0 Å². The molecule has 1 heterocycles. The van der Waals surface area contributed by atoms with Crippen LogP contribution in [0, 0.1) is 20.8 Å². The second-order valence-corrected chi connectivity index (χ2v) is 7.09. The third-order valence-electron chi connectivity index (χ3n) is 4.84. The van der Waals surface area contributed by atoms with Crippen molar-refractivity contribution in [2.24, 2.45) is 0 Å². The number of carbonyl (C=O) groups excluding carboxylic acids is 1. The van der Waals surface area contributed by atoms with Crippen molar-refractivity contribution in [1.29, 1.82) is 0 Å². The van der Waals surface area contributed by atoms with E-state index in [1.54, 1.807) is 4.68 Å². The Hall–Kier alpha value is -3.73. The van der Waals surface area contributed by atoms with Gasteiger partial charge in [-0.25, -0.2) is 9.67 Å². The van der Waals surface area contributed by atoms with E-state index in [1.807, 2.05) is 93.6 Å². The molecule has 3 aromatic carbocycles. The summed E-state index contributed by atoms with van der Waals surface area (Å²) < 4.78 is 1.71. The summed E-state index contributed by atoms with van der Waals surface area (Å²) in [5.74, 6) is 0.431. The fraction of sp³-hybridized carbons (Fsp3) is 0.125. The highest BCUT2D eigenvalue weighted by molar-refractivity contribution is 6.02. The molecule has 1 N–H and O–H groups in total. The van der Waals surface area contributed by atoms with Gasteiger partial charge in [-0.15, -0.1) is 5.10 Å². The predicted octanol–water partition coefficient (Wildman–Crippen LogP) is 5.11. The molecule has 0 saturated carbocycles. The molecule has 0 radical (unpaired) electrons. The Balaban J connectivity index is 1.77. The highest BCUT2D eigenvalue weighted by Crippen LogP contribution is 2.23. The van der Waals surface area contributed by atoms with Gasteiger partial charge in [-0.2, -0.15) is 0 Å². The molecule has 0 bridgehead atoms. The fourth-order valence-corrected chi connectivity index (χ4v) is 3.23. The minimum atomic E-state index is -0.328. The molecule has 5 nitrogen and oxygen atoms in total. The molecule has 4 aromatic rings. The summed E-state index contributed by atoms with van der Waals surface area (Å²) in [5.41, 5.74) is 5.71. The molecule has 4 rings (SSSR count). The number of nitrogens with one attached hydrogen (secondary N) is 1. The molecule has 144 valence electrons. The lowest BCUT2D eigenvalue weighted by molar-refractivity contribution is 0.101. The molecule has 0 atom stereocenters. The van der Waals surface area contributed by atoms with Crippen LogP contribution in [0.4, 0.5) is 5.69 Å². The maximum atomic E-state index is 13.0. The van der Waals surface area contributed by atoms with Crippen LogP contribution in [0.1, 0.15) is 27.3 Å². The van der Waals surface area contributed by atoms with E-state index in [-0.39, 0.29) is 11.7 Å². The fourth-order valence-electron chi connectivity index (χ4n) is 3.23. The average molecular weight is 382 g/mol. The van der Waals surface area contributed by atoms with Crippen LogP contribution in [-0.2, 0) is 0 Å². The standard InChI is InChI=1S/C24H22N4O/c1-16-12-14-19(15-13-16)23-26-22(27-28(23)20-10-5-4-6-11-20)24(29)25-21-17(2)8-7-9-18(21)3/h4-15H,1-3H3,(H,25,29). The zero-order valence-electron chi connectivity index (χ0n) is 16.7. The maximum absolute atomic E-state index is 13.0. The van der Waals surface area contributed by atoms with Gasteiger partial charge in [0.25, 0.3) is 5.91 Å². The number of anilines is 1. The molecule has 0 unspecified atom stereocenters. The zero-order chi connectivity index (χ0) is 20.4. The molecule has 1 amide bonds. The largest absolute Gasteiger partial charge is 0.319 e. The highest BCUT2D eigenvalue weighted by Gasteiger charge is 2.19. The molecule has 0 spiro atoms. The monoisotopic (exact) mass is 382 g/mol. The van der Waals surface area contributed by atoms with Crippen molar-refractivity contribution in [3.8, 4) is 17.1 Å². The number of aromatic nitrogens is 3. The van der Waals surface area contributed by atoms with E-state index in [2.05, 4.69) is 15.4 Å². The third-order valence-corrected chi connectivity index (χ3v) is 4.84. The number of hydrogen-bond donors (Lipinski definition) is 1. The molecule has 0 aliphatic heterocycles. The van der Waals surface area contributed by atoms with Crippen LogP contribution in [0.25, 0.3) is 17.1 Å². The summed E-state index contributed by atoms with van der Waals surface area (Å²) >= 11 is 0. The third kappa shape index (κ3) is 3.80. The molecule has 0 aliphatic carbocycles. The Morgan fingerprint density at radius 1 is 0.828 bits per heavy atom. The molecular weight excluding hydrogens is 360 g/mol. The Bertz CT molecular complexity index is 1140. The lowest BCUT2D eigenvalue weighted by Crippen LogP contribution is -2.16. The number of benzene rings is 3. The van der Waals surface area contributed by atoms with E-state index in [4.69, 9.17) is 0 Å². The van der Waals surface area contributed by atoms with Crippen molar-refractivity contribution in [2.75, 3.05) is 5.32 Å². The molecule has 5 heteroatoms. The Morgan fingerprint density at radius 3 is 2.14 bits per heavy atom. The van der Waals surface area contributed by atoms with Crippen LogP contribution >= 0.6 is 0 Å². The van der Waals surface area contributed by atoms with E-state index in [0.29, 0.717) is 5.82 Å². The molecule has 0 fully saturated rings. The number of amides is 1. The lowest BCUT2D eigenvalue weighted by Gasteiger charge is -2.09. The molecule has 0 aliphatic rings. The Morgan fingerprint density at radius 2 is 1.48 bits per heavy atom. The van der Waals surface area contributed by atoms with Crippen LogP contribution in [0.5, 0.6) is 0 Å². The first-order valence-electron chi connectivity index (χ1n) is 9.50. The summed E-state index contributed by atoms with van der Waals surface area (Å²) in [6.45, 7) is 5.97. The predicted molar refractivity (Wildman–Crippen MR) is 115 cm³/mol. The summed E-state index contributed by atoms with van der Waals surface area (Å²) in [5, 5.41) is 7.50. The number of carbonyl (C=O) groups is 1. The highest BCUT2D eigenvalue weighted by atomic mass is 16.2. The number of nitrogens with zero attached hydrogens (tertiary/aromatic N) is 3. The quantitative estimate of drug-likeness (QED) is 0.533. The van der Waals surface area contributed by atoms with Gasteiger partial charge in [0, 0.05) is 11.3 Å². The molecule has 29 heavy (non-hydrogen) atoms. The van der Waals surface area contributed by atoms with Gasteiger partial charge in [0.2, 0.25) is 5.82 Å². The average Bonchev–Trinajstić information content (AvgIpc) is 3.17. The summed E-state index contributed by atoms with van der Waals surface area (Å²) in [6, 6.07) is 23.6. The maximum Gasteiger partial charge on any atom is 0.295 e. The SMILES string of the molecule is Cc1ccc(-c2nc(C(=O)Nc3c(C)cccc3C)nn2-c2ccccc2)cc1. The van der Waals surface area contributed by atoms with Crippen molar-refractivity contribution in [3.63, 3.8) is 0 Å². The molecule has 1 aromatic heterocycles. The Kier molecular flexibility index (Phi) is 4.96. The van der Waals surface area contributed by atoms with Crippen molar-refractivity contribution in [1.82, 2.24) is 14.8 Å². The van der Waals surface area contributed by atoms with Crippen LogP contribution in [0.2, 0.25) is 0 Å². The van der Waals surface area contributed by atoms with Crippen LogP contribution < -0.4 is 5.32 Å². The van der Waals surface area contributed by atoms with Gasteiger partial charge in [0.15, 0.2) is 5.82 Å². The second kappa shape index (κ2) is 7.72. The van der Waals surface area contributed by atoms with Crippen LogP contribution in [0.15, 0.2) is 72.8 Å². The van der Waals surface area contributed by atoms with Gasteiger partial charge in [-0.3, -0.25) is 4.79 Å². The van der Waals surface area contributed by atoms with Gasteiger partial charge >= 0.3 is 0 Å². The van der Waals surface area contributed by atoms with Gasteiger partial charge in [-0.1, -0.05) is 66.2 Å². The number of para-hydroxylation sites is 2. The van der Waals surface area contributed by atoms with Crippen LogP contribution in [0.3, 0.4) is 0 Å². The van der Waals surface area contributed by atoms with Crippen molar-refractivity contribution >= 4 is 11.6 Å². The van der Waals surface area contributed by atoms with E-state index in [1.165, 1.54) is 0 Å². The van der Waals surface area contributed by atoms with Gasteiger partial charge in [0.05, 0.1) is 5.69 Å². The van der Waals surface area contributed by atoms with Gasteiger partial charge < -0.3 is 5.32 Å². The first-order chi connectivity index (χ1) is 14.0. The van der Waals surface area contributed by atoms with E-state index in [9.17, 15) is 4.79 Å². The summed E-state index contributed by atoms with van der Waals surface area (Å²) in [7, 11) is 0. The summed E-state index contributed by atoms with van der Waals surface area (Å²) in [6.07, 6.45) is 0. The molecule has 0 saturated heterocycles. The second-order valence-electron chi connectivity index (χ2n) is 7.09. The lowest BCUT2D eigenvalue weighted by atomic mass is 10.1. The van der Waals surface area contributed by atoms with Crippen molar-refractivity contribution < 1.29 is 4.79 Å². The van der Waals surface area contributed by atoms with Crippen molar-refractivity contribution in [3.05, 3.63) is 95.3 Å². The number of rotatable bonds is 4. The zero-order valence-corrected chi connectivity index (χ0v) is 16.7. The minimum Gasteiger partial charge on any atom is -0.319 e. The van der Waals surface area contributed by atoms with Crippen molar-refractivity contribution in [2.45, 2.75) is 20.8 Å². The topological polar surface area (TPSA) is 59.8 Å². The van der Waals surface area contributed by atoms with E-state index in [0.717, 1.165) is 33.6 Å². The number of hydrogen-bond acceptors (Lipinski definition) is 3. The van der Waals surface area contributed by atoms with E-state index < -0.39 is 0 Å².